The molecule has 0 aromatic carbocycles. The first-order chi connectivity index (χ1) is 9.15. The molecule has 2 heterocycles. The van der Waals surface area contributed by atoms with Gasteiger partial charge in [-0.3, -0.25) is 4.79 Å². The number of nitrogens with one attached hydrogen (secondary N) is 1. The standard InChI is InChI=1S/C13H20N4O2/c1-10(18)3-4-14-12-9-13(16-11(2)15-12)17-5-7-19-8-6-17/h9H,3-8H2,1-2H3,(H,14,15,16). The van der Waals surface area contributed by atoms with Crippen molar-refractivity contribution < 1.29 is 9.53 Å². The van der Waals surface area contributed by atoms with Gasteiger partial charge in [0.25, 0.3) is 0 Å². The normalized spacial score (nSPS) is 15.4. The molecule has 6 heteroatoms. The van der Waals surface area contributed by atoms with Gasteiger partial charge in [0.05, 0.1) is 13.2 Å². The fourth-order valence-electron chi connectivity index (χ4n) is 1.96. The van der Waals surface area contributed by atoms with E-state index in [1.54, 1.807) is 6.92 Å². The van der Waals surface area contributed by atoms with Crippen molar-refractivity contribution in [2.45, 2.75) is 20.3 Å². The summed E-state index contributed by atoms with van der Waals surface area (Å²) in [5.41, 5.74) is 0. The molecule has 0 amide bonds. The Hall–Kier alpha value is -1.69. The largest absolute Gasteiger partial charge is 0.378 e. The van der Waals surface area contributed by atoms with E-state index in [1.165, 1.54) is 0 Å². The van der Waals surface area contributed by atoms with Crippen molar-refractivity contribution in [3.8, 4) is 0 Å². The van der Waals surface area contributed by atoms with Gasteiger partial charge in [-0.15, -0.1) is 0 Å². The molecule has 1 saturated heterocycles. The van der Waals surface area contributed by atoms with Crippen molar-refractivity contribution in [1.82, 2.24) is 9.97 Å². The van der Waals surface area contributed by atoms with Crippen LogP contribution in [-0.4, -0.2) is 48.6 Å². The van der Waals surface area contributed by atoms with Crippen molar-refractivity contribution in [1.29, 1.82) is 0 Å². The Morgan fingerprint density at radius 1 is 1.42 bits per heavy atom. The van der Waals surface area contributed by atoms with E-state index in [1.807, 2.05) is 13.0 Å². The summed E-state index contributed by atoms with van der Waals surface area (Å²) in [5.74, 6) is 2.59. The van der Waals surface area contributed by atoms with Crippen molar-refractivity contribution >= 4 is 17.4 Å². The first-order valence-corrected chi connectivity index (χ1v) is 6.57. The summed E-state index contributed by atoms with van der Waals surface area (Å²) in [5, 5.41) is 3.17. The van der Waals surface area contributed by atoms with Gasteiger partial charge in [-0.25, -0.2) is 9.97 Å². The molecule has 0 radical (unpaired) electrons. The maximum atomic E-state index is 10.9. The van der Waals surface area contributed by atoms with Crippen LogP contribution in [0.5, 0.6) is 0 Å². The molecule has 0 bridgehead atoms. The lowest BCUT2D eigenvalue weighted by Crippen LogP contribution is -2.37. The fraction of sp³-hybridized carbons (Fsp3) is 0.615. The monoisotopic (exact) mass is 264 g/mol. The second-order valence-electron chi connectivity index (χ2n) is 4.64. The minimum atomic E-state index is 0.173. The lowest BCUT2D eigenvalue weighted by atomic mass is 10.3. The van der Waals surface area contributed by atoms with Crippen LogP contribution in [0.25, 0.3) is 0 Å². The number of ether oxygens (including phenoxy) is 1. The molecule has 19 heavy (non-hydrogen) atoms. The van der Waals surface area contributed by atoms with Crippen LogP contribution in [-0.2, 0) is 9.53 Å². The first-order valence-electron chi connectivity index (χ1n) is 6.57. The maximum absolute atomic E-state index is 10.9. The Bertz CT molecular complexity index is 444. The Labute approximate surface area is 113 Å². The van der Waals surface area contributed by atoms with Gasteiger partial charge in [0.15, 0.2) is 0 Å². The molecule has 6 nitrogen and oxygen atoms in total. The van der Waals surface area contributed by atoms with E-state index in [9.17, 15) is 4.79 Å². The molecule has 0 atom stereocenters. The zero-order valence-corrected chi connectivity index (χ0v) is 11.5. The van der Waals surface area contributed by atoms with Gasteiger partial charge in [-0.2, -0.15) is 0 Å². The smallest absolute Gasteiger partial charge is 0.134 e. The number of Topliss-reactive ketones (excluding diaryl/α,β-unsaturated/α-hetero) is 1. The average molecular weight is 264 g/mol. The van der Waals surface area contributed by atoms with E-state index in [-0.39, 0.29) is 5.78 Å². The minimum Gasteiger partial charge on any atom is -0.378 e. The van der Waals surface area contributed by atoms with Crippen LogP contribution in [0.15, 0.2) is 6.07 Å². The molecule has 1 aliphatic heterocycles. The average Bonchev–Trinajstić information content (AvgIpc) is 2.39. The van der Waals surface area contributed by atoms with Gasteiger partial charge < -0.3 is 15.0 Å². The van der Waals surface area contributed by atoms with Crippen LogP contribution in [0.3, 0.4) is 0 Å². The summed E-state index contributed by atoms with van der Waals surface area (Å²) < 4.78 is 5.33. The number of aryl methyl sites for hydroxylation is 1. The highest BCUT2D eigenvalue weighted by Gasteiger charge is 2.13. The molecule has 1 fully saturated rings. The SMILES string of the molecule is CC(=O)CCNc1cc(N2CCOCC2)nc(C)n1. The predicted molar refractivity (Wildman–Crippen MR) is 73.6 cm³/mol. The first kappa shape index (κ1) is 13.7. The van der Waals surface area contributed by atoms with E-state index in [2.05, 4.69) is 20.2 Å². The number of aromatic nitrogens is 2. The van der Waals surface area contributed by atoms with E-state index >= 15 is 0 Å². The fourth-order valence-corrected chi connectivity index (χ4v) is 1.96. The number of hydrogen-bond acceptors (Lipinski definition) is 6. The predicted octanol–water partition coefficient (Wildman–Crippen LogP) is 1.01. The number of hydrogen-bond donors (Lipinski definition) is 1. The number of rotatable bonds is 5. The summed E-state index contributed by atoms with van der Waals surface area (Å²) >= 11 is 0. The van der Waals surface area contributed by atoms with E-state index in [4.69, 9.17) is 4.74 Å². The lowest BCUT2D eigenvalue weighted by Gasteiger charge is -2.28. The van der Waals surface area contributed by atoms with Crippen LogP contribution in [0.2, 0.25) is 0 Å². The molecule has 1 aromatic heterocycles. The molecule has 0 spiro atoms. The minimum absolute atomic E-state index is 0.173. The summed E-state index contributed by atoms with van der Waals surface area (Å²) in [6.45, 7) is 7.24. The van der Waals surface area contributed by atoms with Crippen molar-refractivity contribution in [3.63, 3.8) is 0 Å². The van der Waals surface area contributed by atoms with Crippen molar-refractivity contribution in [2.75, 3.05) is 43.1 Å². The van der Waals surface area contributed by atoms with E-state index < -0.39 is 0 Å². The molecular weight excluding hydrogens is 244 g/mol. The summed E-state index contributed by atoms with van der Waals surface area (Å²) in [6.07, 6.45) is 0.510. The Balaban J connectivity index is 2.03. The van der Waals surface area contributed by atoms with Crippen molar-refractivity contribution in [2.24, 2.45) is 0 Å². The molecule has 0 unspecified atom stereocenters. The quantitative estimate of drug-likeness (QED) is 0.856. The number of morpholine rings is 1. The number of ketones is 1. The Morgan fingerprint density at radius 2 is 2.16 bits per heavy atom. The molecule has 0 aliphatic carbocycles. The number of carbonyl (C=O) groups is 1. The van der Waals surface area contributed by atoms with Gasteiger partial charge in [-0.1, -0.05) is 0 Å². The van der Waals surface area contributed by atoms with Gasteiger partial charge in [0.2, 0.25) is 0 Å². The lowest BCUT2D eigenvalue weighted by molar-refractivity contribution is -0.116. The molecule has 104 valence electrons. The highest BCUT2D eigenvalue weighted by Crippen LogP contribution is 2.17. The second kappa shape index (κ2) is 6.47. The van der Waals surface area contributed by atoms with Crippen LogP contribution in [0.4, 0.5) is 11.6 Å². The number of anilines is 2. The van der Waals surface area contributed by atoms with Gasteiger partial charge in [0, 0.05) is 32.1 Å². The van der Waals surface area contributed by atoms with Crippen LogP contribution in [0, 0.1) is 6.92 Å². The highest BCUT2D eigenvalue weighted by molar-refractivity contribution is 5.76. The summed E-state index contributed by atoms with van der Waals surface area (Å²) in [4.78, 5) is 21.9. The second-order valence-corrected chi connectivity index (χ2v) is 4.64. The zero-order chi connectivity index (χ0) is 13.7. The molecule has 1 N–H and O–H groups in total. The zero-order valence-electron chi connectivity index (χ0n) is 11.5. The number of nitrogens with zero attached hydrogens (tertiary/aromatic N) is 3. The molecule has 1 aromatic rings. The van der Waals surface area contributed by atoms with Crippen LogP contribution in [0.1, 0.15) is 19.2 Å². The van der Waals surface area contributed by atoms with Crippen molar-refractivity contribution in [3.05, 3.63) is 11.9 Å². The topological polar surface area (TPSA) is 67.4 Å². The third kappa shape index (κ3) is 4.17. The third-order valence-corrected chi connectivity index (χ3v) is 2.94. The molecule has 2 rings (SSSR count). The summed E-state index contributed by atoms with van der Waals surface area (Å²) in [7, 11) is 0. The van der Waals surface area contributed by atoms with Gasteiger partial charge >= 0.3 is 0 Å². The van der Waals surface area contributed by atoms with Crippen LogP contribution < -0.4 is 10.2 Å². The third-order valence-electron chi connectivity index (χ3n) is 2.94. The summed E-state index contributed by atoms with van der Waals surface area (Å²) in [6, 6.07) is 1.93. The molecule has 1 aliphatic rings. The maximum Gasteiger partial charge on any atom is 0.134 e. The molecule has 0 saturated carbocycles. The van der Waals surface area contributed by atoms with E-state index in [0.29, 0.717) is 13.0 Å². The Kier molecular flexibility index (Phi) is 4.68. The van der Waals surface area contributed by atoms with E-state index in [0.717, 1.165) is 43.8 Å². The highest BCUT2D eigenvalue weighted by atomic mass is 16.5. The van der Waals surface area contributed by atoms with Gasteiger partial charge in [-0.05, 0) is 13.8 Å². The Morgan fingerprint density at radius 3 is 2.84 bits per heavy atom. The van der Waals surface area contributed by atoms with Gasteiger partial charge in [0.1, 0.15) is 23.2 Å². The number of carbonyl (C=O) groups excluding carboxylic acids is 1. The molecular formula is C13H20N4O2. The van der Waals surface area contributed by atoms with Crippen LogP contribution >= 0.6 is 0 Å².